The van der Waals surface area contributed by atoms with Gasteiger partial charge in [-0.15, -0.1) is 0 Å². The molecule has 4 nitrogen and oxygen atoms in total. The normalized spacial score (nSPS) is 21.8. The molecular formula is C23H28FN3O. The smallest absolute Gasteiger partial charge is 0.259 e. The summed E-state index contributed by atoms with van der Waals surface area (Å²) in [7, 11) is 2.15. The Kier molecular flexibility index (Phi) is 4.98. The number of nitrogens with zero attached hydrogens (tertiary/aromatic N) is 3. The van der Waals surface area contributed by atoms with Gasteiger partial charge in [0.15, 0.2) is 0 Å². The van der Waals surface area contributed by atoms with Crippen LogP contribution in [0.1, 0.15) is 40.0 Å². The highest BCUT2D eigenvalue weighted by Gasteiger charge is 2.43. The summed E-state index contributed by atoms with van der Waals surface area (Å²) in [6, 6.07) is 10.6. The second-order valence-electron chi connectivity index (χ2n) is 8.20. The molecular weight excluding hydrogens is 353 g/mol. The van der Waals surface area contributed by atoms with E-state index in [1.807, 2.05) is 17.9 Å². The molecule has 0 bridgehead atoms. The van der Waals surface area contributed by atoms with Crippen LogP contribution in [0.3, 0.4) is 0 Å². The number of benzene rings is 2. The maximum absolute atomic E-state index is 13.5. The van der Waals surface area contributed by atoms with E-state index in [1.54, 1.807) is 12.1 Å². The number of rotatable bonds is 3. The maximum atomic E-state index is 13.5. The number of likely N-dealkylation sites (N-methyl/N-ethyl adjacent to an activating group) is 1. The molecule has 0 spiro atoms. The monoisotopic (exact) mass is 381 g/mol. The van der Waals surface area contributed by atoms with Crippen LogP contribution in [0.25, 0.3) is 0 Å². The van der Waals surface area contributed by atoms with Crippen molar-refractivity contribution in [3.8, 4) is 0 Å². The number of carbonyl (C=O) groups is 1. The maximum Gasteiger partial charge on any atom is 0.259 e. The van der Waals surface area contributed by atoms with Gasteiger partial charge < -0.3 is 4.90 Å². The average molecular weight is 381 g/mol. The van der Waals surface area contributed by atoms with Crippen LogP contribution in [0.4, 0.5) is 10.1 Å². The molecule has 5 heteroatoms. The quantitative estimate of drug-likeness (QED) is 0.810. The molecule has 2 atom stereocenters. The lowest BCUT2D eigenvalue weighted by Gasteiger charge is -2.41. The van der Waals surface area contributed by atoms with Gasteiger partial charge in [-0.25, -0.2) is 4.39 Å². The van der Waals surface area contributed by atoms with Crippen molar-refractivity contribution in [2.24, 2.45) is 0 Å². The fourth-order valence-electron chi connectivity index (χ4n) is 4.45. The number of hydrogen-bond donors (Lipinski definition) is 0. The minimum atomic E-state index is -0.289. The third-order valence-corrected chi connectivity index (χ3v) is 6.39. The van der Waals surface area contributed by atoms with Crippen molar-refractivity contribution >= 4 is 11.6 Å². The van der Waals surface area contributed by atoms with Crippen LogP contribution in [0.15, 0.2) is 36.4 Å². The second-order valence-corrected chi connectivity index (χ2v) is 8.20. The number of fused-ring (bicyclic) bond motifs is 1. The predicted molar refractivity (Wildman–Crippen MR) is 110 cm³/mol. The first kappa shape index (κ1) is 19.1. The number of halogens is 1. The summed E-state index contributed by atoms with van der Waals surface area (Å²) in [6.45, 7) is 10.4. The summed E-state index contributed by atoms with van der Waals surface area (Å²) in [4.78, 5) is 20.1. The topological polar surface area (TPSA) is 26.8 Å². The zero-order chi connectivity index (χ0) is 20.0. The Balaban J connectivity index is 1.77. The van der Waals surface area contributed by atoms with E-state index >= 15 is 0 Å². The lowest BCUT2D eigenvalue weighted by molar-refractivity contribution is 0.0918. The van der Waals surface area contributed by atoms with E-state index in [9.17, 15) is 9.18 Å². The van der Waals surface area contributed by atoms with Crippen molar-refractivity contribution < 1.29 is 9.18 Å². The van der Waals surface area contributed by atoms with Crippen LogP contribution in [0.2, 0.25) is 0 Å². The van der Waals surface area contributed by atoms with Crippen molar-refractivity contribution in [1.82, 2.24) is 9.80 Å². The first-order valence-electron chi connectivity index (χ1n) is 9.99. The fraction of sp³-hybridized carbons (Fsp3) is 0.435. The van der Waals surface area contributed by atoms with E-state index in [0.29, 0.717) is 0 Å². The van der Waals surface area contributed by atoms with Gasteiger partial charge >= 0.3 is 0 Å². The lowest BCUT2D eigenvalue weighted by Crippen LogP contribution is -2.52. The highest BCUT2D eigenvalue weighted by atomic mass is 19.1. The molecule has 1 saturated heterocycles. The Labute approximate surface area is 166 Å². The summed E-state index contributed by atoms with van der Waals surface area (Å²) in [5.41, 5.74) is 4.94. The first-order chi connectivity index (χ1) is 13.4. The Hall–Kier alpha value is -2.24. The molecule has 0 N–H and O–H groups in total. The summed E-state index contributed by atoms with van der Waals surface area (Å²) >= 11 is 0. The highest BCUT2D eigenvalue weighted by molar-refractivity contribution is 6.11. The number of hydrogen-bond acceptors (Lipinski definition) is 3. The third-order valence-electron chi connectivity index (χ3n) is 6.39. The molecule has 0 aliphatic carbocycles. The van der Waals surface area contributed by atoms with Gasteiger partial charge in [0.25, 0.3) is 5.91 Å². The van der Waals surface area contributed by atoms with Gasteiger partial charge in [0.05, 0.1) is 6.04 Å². The average Bonchev–Trinajstić information content (AvgIpc) is 2.95. The van der Waals surface area contributed by atoms with Gasteiger partial charge in [-0.05, 0) is 74.8 Å². The lowest BCUT2D eigenvalue weighted by atomic mass is 9.94. The fourth-order valence-corrected chi connectivity index (χ4v) is 4.45. The van der Waals surface area contributed by atoms with Crippen molar-refractivity contribution in [2.75, 3.05) is 38.1 Å². The Bertz CT molecular complexity index is 887. The summed E-state index contributed by atoms with van der Waals surface area (Å²) in [6.07, 6.45) is 0. The summed E-state index contributed by atoms with van der Waals surface area (Å²) in [5.74, 6) is -0.279. The molecule has 4 rings (SSSR count). The molecule has 1 fully saturated rings. The first-order valence-corrected chi connectivity index (χ1v) is 9.99. The molecule has 0 radical (unpaired) electrons. The van der Waals surface area contributed by atoms with Crippen LogP contribution in [-0.2, 0) is 0 Å². The van der Waals surface area contributed by atoms with Crippen LogP contribution >= 0.6 is 0 Å². The highest BCUT2D eigenvalue weighted by Crippen LogP contribution is 2.42. The Morgan fingerprint density at radius 2 is 1.61 bits per heavy atom. The van der Waals surface area contributed by atoms with Crippen molar-refractivity contribution in [2.45, 2.75) is 32.9 Å². The SMILES string of the molecule is Cc1cc2c(cc1C)C(C(C)N1CCN(C)CC1)N(c1ccc(F)cc1)C2=O. The summed E-state index contributed by atoms with van der Waals surface area (Å²) in [5, 5.41) is 0. The van der Waals surface area contributed by atoms with Gasteiger partial charge in [-0.2, -0.15) is 0 Å². The van der Waals surface area contributed by atoms with Gasteiger partial charge in [-0.3, -0.25) is 14.6 Å². The van der Waals surface area contributed by atoms with E-state index in [-0.39, 0.29) is 23.8 Å². The minimum Gasteiger partial charge on any atom is -0.304 e. The van der Waals surface area contributed by atoms with Crippen molar-refractivity contribution in [1.29, 1.82) is 0 Å². The molecule has 1 amide bonds. The van der Waals surface area contributed by atoms with Crippen molar-refractivity contribution in [3.63, 3.8) is 0 Å². The standard InChI is InChI=1S/C23H28FN3O/c1-15-13-20-21(14-16(15)2)23(28)27(19-7-5-18(24)6-8-19)22(20)17(3)26-11-9-25(4)10-12-26/h5-8,13-14,17,22H,9-12H2,1-4H3. The zero-order valence-corrected chi connectivity index (χ0v) is 17.1. The molecule has 0 saturated carbocycles. The number of amides is 1. The van der Waals surface area contributed by atoms with Crippen LogP contribution in [-0.4, -0.2) is 55.0 Å². The minimum absolute atomic E-state index is 0.00989. The zero-order valence-electron chi connectivity index (χ0n) is 17.1. The molecule has 148 valence electrons. The molecule has 2 aromatic carbocycles. The molecule has 0 aromatic heterocycles. The number of carbonyl (C=O) groups excluding carboxylic acids is 1. The van der Waals surface area contributed by atoms with E-state index in [1.165, 1.54) is 17.7 Å². The van der Waals surface area contributed by atoms with Crippen molar-refractivity contribution in [3.05, 3.63) is 64.5 Å². The van der Waals surface area contributed by atoms with Crippen LogP contribution < -0.4 is 4.90 Å². The Morgan fingerprint density at radius 1 is 1.00 bits per heavy atom. The molecule has 2 heterocycles. The number of anilines is 1. The largest absolute Gasteiger partial charge is 0.304 e. The Morgan fingerprint density at radius 3 is 2.25 bits per heavy atom. The van der Waals surface area contributed by atoms with Gasteiger partial charge in [0, 0.05) is 43.5 Å². The molecule has 2 aromatic rings. The molecule has 2 unspecified atom stereocenters. The third kappa shape index (κ3) is 3.23. The van der Waals surface area contributed by atoms with E-state index < -0.39 is 0 Å². The van der Waals surface area contributed by atoms with E-state index in [2.05, 4.69) is 36.8 Å². The molecule has 2 aliphatic heterocycles. The van der Waals surface area contributed by atoms with E-state index in [0.717, 1.165) is 48.6 Å². The van der Waals surface area contributed by atoms with Crippen LogP contribution in [0, 0.1) is 19.7 Å². The van der Waals surface area contributed by atoms with Crippen LogP contribution in [0.5, 0.6) is 0 Å². The molecule has 28 heavy (non-hydrogen) atoms. The van der Waals surface area contributed by atoms with Gasteiger partial charge in [0.1, 0.15) is 5.82 Å². The number of aryl methyl sites for hydroxylation is 2. The molecule has 2 aliphatic rings. The second kappa shape index (κ2) is 7.30. The summed E-state index contributed by atoms with van der Waals surface area (Å²) < 4.78 is 13.5. The van der Waals surface area contributed by atoms with E-state index in [4.69, 9.17) is 0 Å². The number of piperazine rings is 1. The van der Waals surface area contributed by atoms with Gasteiger partial charge in [0.2, 0.25) is 0 Å². The van der Waals surface area contributed by atoms with Gasteiger partial charge in [-0.1, -0.05) is 6.07 Å². The predicted octanol–water partition coefficient (Wildman–Crippen LogP) is 3.78.